The molecule has 0 spiro atoms. The van der Waals surface area contributed by atoms with Gasteiger partial charge >= 0.3 is 5.97 Å². The molecule has 0 saturated carbocycles. The monoisotopic (exact) mass is 272 g/mol. The fourth-order valence-corrected chi connectivity index (χ4v) is 0.704. The third-order valence-electron chi connectivity index (χ3n) is 1.58. The Morgan fingerprint density at radius 3 is 2.00 bits per heavy atom. The number of nitrogens with two attached hydrogens (primary N) is 2. The maximum atomic E-state index is 12.1. The van der Waals surface area contributed by atoms with Gasteiger partial charge in [-0.05, 0) is 19.4 Å². The molecule has 15 heavy (non-hydrogen) atoms. The molecule has 0 heterocycles. The van der Waals surface area contributed by atoms with Crippen molar-refractivity contribution in [2.45, 2.75) is 24.8 Å². The number of carboxylic acid groups (broad SMARTS) is 1. The summed E-state index contributed by atoms with van der Waals surface area (Å²) in [5.74, 6) is -1.69. The second-order valence-electron chi connectivity index (χ2n) is 2.54. The molecular formula is C6H16Cl2F2N2O3. The fourth-order valence-electron chi connectivity index (χ4n) is 0.704. The Labute approximate surface area is 98.3 Å². The molecule has 0 aromatic heterocycles. The molecule has 0 fully saturated rings. The van der Waals surface area contributed by atoms with Gasteiger partial charge in [-0.25, -0.2) is 13.6 Å². The summed E-state index contributed by atoms with van der Waals surface area (Å²) in [5, 5.41) is 8.38. The average molecular weight is 273 g/mol. The molecule has 5 nitrogen and oxygen atoms in total. The zero-order valence-corrected chi connectivity index (χ0v) is 9.41. The van der Waals surface area contributed by atoms with Gasteiger partial charge in [0.15, 0.2) is 5.54 Å². The van der Waals surface area contributed by atoms with E-state index in [0.29, 0.717) is 0 Å². The minimum Gasteiger partial charge on any atom is -0.480 e. The van der Waals surface area contributed by atoms with Crippen LogP contribution in [0.5, 0.6) is 0 Å². The van der Waals surface area contributed by atoms with Gasteiger partial charge in [0.1, 0.15) is 0 Å². The van der Waals surface area contributed by atoms with E-state index in [1.54, 1.807) is 0 Å². The number of halogens is 4. The highest BCUT2D eigenvalue weighted by atomic mass is 35.5. The van der Waals surface area contributed by atoms with Crippen molar-refractivity contribution in [1.29, 1.82) is 0 Å². The van der Waals surface area contributed by atoms with Crippen molar-refractivity contribution in [3.05, 3.63) is 0 Å². The molecule has 0 rings (SSSR count). The van der Waals surface area contributed by atoms with Crippen LogP contribution in [0.25, 0.3) is 0 Å². The number of carboxylic acids is 1. The van der Waals surface area contributed by atoms with E-state index in [9.17, 15) is 13.6 Å². The van der Waals surface area contributed by atoms with Gasteiger partial charge in [0.05, 0.1) is 0 Å². The first-order valence-electron chi connectivity index (χ1n) is 3.45. The van der Waals surface area contributed by atoms with Crippen LogP contribution < -0.4 is 11.5 Å². The third kappa shape index (κ3) is 6.80. The Balaban J connectivity index is -0.000000202. The zero-order valence-electron chi connectivity index (χ0n) is 7.78. The molecule has 0 aliphatic carbocycles. The minimum atomic E-state index is -3.07. The standard InChI is InChI=1S/C6H12F2N2O2.2ClH.H2O/c7-4(8)6(10,5(11)12)2-1-3-9;;;/h4H,1-3,9-10H2,(H,11,12);2*1H;1H2. The van der Waals surface area contributed by atoms with Crippen LogP contribution in [0.2, 0.25) is 0 Å². The predicted molar refractivity (Wildman–Crippen MR) is 57.0 cm³/mol. The van der Waals surface area contributed by atoms with Gasteiger partial charge in [-0.15, -0.1) is 24.8 Å². The molecule has 0 aliphatic heterocycles. The van der Waals surface area contributed by atoms with Crippen LogP contribution in [-0.2, 0) is 4.79 Å². The van der Waals surface area contributed by atoms with E-state index < -0.39 is 17.9 Å². The first kappa shape index (κ1) is 24.2. The van der Waals surface area contributed by atoms with Gasteiger partial charge in [-0.3, -0.25) is 0 Å². The second kappa shape index (κ2) is 10.3. The molecule has 96 valence electrons. The van der Waals surface area contributed by atoms with E-state index in [0.717, 1.165) is 0 Å². The van der Waals surface area contributed by atoms with Gasteiger partial charge in [0, 0.05) is 0 Å². The summed E-state index contributed by atoms with van der Waals surface area (Å²) < 4.78 is 24.2. The molecule has 0 bridgehead atoms. The van der Waals surface area contributed by atoms with Crippen molar-refractivity contribution < 1.29 is 24.2 Å². The van der Waals surface area contributed by atoms with E-state index in [1.807, 2.05) is 0 Å². The van der Waals surface area contributed by atoms with Crippen LogP contribution in [0.4, 0.5) is 8.78 Å². The maximum absolute atomic E-state index is 12.1. The molecule has 0 amide bonds. The van der Waals surface area contributed by atoms with Gasteiger partial charge in [-0.2, -0.15) is 0 Å². The Morgan fingerprint density at radius 2 is 1.80 bits per heavy atom. The van der Waals surface area contributed by atoms with Crippen molar-refractivity contribution in [1.82, 2.24) is 0 Å². The highest BCUT2D eigenvalue weighted by Crippen LogP contribution is 2.18. The molecule has 0 saturated heterocycles. The lowest BCUT2D eigenvalue weighted by Crippen LogP contribution is -2.54. The summed E-state index contributed by atoms with van der Waals surface area (Å²) in [5.41, 5.74) is 7.56. The van der Waals surface area contributed by atoms with E-state index >= 15 is 0 Å². The molecule has 0 aromatic rings. The summed E-state index contributed by atoms with van der Waals surface area (Å²) >= 11 is 0. The largest absolute Gasteiger partial charge is 0.480 e. The molecule has 0 radical (unpaired) electrons. The number of aliphatic carboxylic acids is 1. The van der Waals surface area contributed by atoms with Gasteiger partial charge in [0.25, 0.3) is 6.43 Å². The molecule has 0 aliphatic rings. The van der Waals surface area contributed by atoms with Crippen LogP contribution in [0, 0.1) is 0 Å². The number of alkyl halides is 2. The van der Waals surface area contributed by atoms with Crippen LogP contribution in [-0.4, -0.2) is 35.1 Å². The normalized spacial score (nSPS) is 12.9. The van der Waals surface area contributed by atoms with Crippen molar-refractivity contribution in [3.8, 4) is 0 Å². The molecule has 7 N–H and O–H groups in total. The number of hydrogen-bond donors (Lipinski definition) is 3. The highest BCUT2D eigenvalue weighted by molar-refractivity contribution is 5.85. The number of carbonyl (C=O) groups is 1. The maximum Gasteiger partial charge on any atom is 0.329 e. The third-order valence-corrected chi connectivity index (χ3v) is 1.58. The van der Waals surface area contributed by atoms with Crippen LogP contribution >= 0.6 is 24.8 Å². The Morgan fingerprint density at radius 1 is 1.40 bits per heavy atom. The summed E-state index contributed by atoms with van der Waals surface area (Å²) in [4.78, 5) is 10.3. The predicted octanol–water partition coefficient (Wildman–Crippen LogP) is -0.209. The lowest BCUT2D eigenvalue weighted by molar-refractivity contribution is -0.150. The van der Waals surface area contributed by atoms with E-state index in [4.69, 9.17) is 16.6 Å². The SMILES string of the molecule is Cl.Cl.NCCCC(N)(C(=O)O)C(F)F.O. The second-order valence-corrected chi connectivity index (χ2v) is 2.54. The van der Waals surface area contributed by atoms with E-state index in [-0.39, 0.29) is 49.7 Å². The minimum absolute atomic E-state index is 0. The first-order chi connectivity index (χ1) is 5.45. The quantitative estimate of drug-likeness (QED) is 0.641. The van der Waals surface area contributed by atoms with Gasteiger partial charge < -0.3 is 22.1 Å². The summed E-state index contributed by atoms with van der Waals surface area (Å²) in [6.45, 7) is 0.152. The van der Waals surface area contributed by atoms with Crippen molar-refractivity contribution in [2.24, 2.45) is 11.5 Å². The van der Waals surface area contributed by atoms with E-state index in [2.05, 4.69) is 0 Å². The first-order valence-corrected chi connectivity index (χ1v) is 3.45. The topological polar surface area (TPSA) is 121 Å². The smallest absolute Gasteiger partial charge is 0.329 e. The molecule has 1 unspecified atom stereocenters. The lowest BCUT2D eigenvalue weighted by atomic mass is 9.95. The van der Waals surface area contributed by atoms with Gasteiger partial charge in [-0.1, -0.05) is 0 Å². The Kier molecular flexibility index (Phi) is 16.6. The zero-order chi connectivity index (χ0) is 9.78. The van der Waals surface area contributed by atoms with Crippen molar-refractivity contribution in [3.63, 3.8) is 0 Å². The van der Waals surface area contributed by atoms with Crippen LogP contribution in [0.3, 0.4) is 0 Å². The Bertz CT molecular complexity index is 176. The number of hydrogen-bond acceptors (Lipinski definition) is 3. The van der Waals surface area contributed by atoms with Crippen LogP contribution in [0.15, 0.2) is 0 Å². The lowest BCUT2D eigenvalue weighted by Gasteiger charge is -2.22. The summed E-state index contributed by atoms with van der Waals surface area (Å²) in [6.07, 6.45) is -3.20. The molecule has 9 heteroatoms. The van der Waals surface area contributed by atoms with Crippen molar-refractivity contribution >= 4 is 30.8 Å². The van der Waals surface area contributed by atoms with Gasteiger partial charge in [0.2, 0.25) is 0 Å². The summed E-state index contributed by atoms with van der Waals surface area (Å²) in [6, 6.07) is 0. The number of rotatable bonds is 5. The average Bonchev–Trinajstić information content (AvgIpc) is 1.99. The van der Waals surface area contributed by atoms with E-state index in [1.165, 1.54) is 0 Å². The Hall–Kier alpha value is -0.210. The highest BCUT2D eigenvalue weighted by Gasteiger charge is 2.42. The molecule has 0 aromatic carbocycles. The summed E-state index contributed by atoms with van der Waals surface area (Å²) in [7, 11) is 0. The molecular weight excluding hydrogens is 257 g/mol. The van der Waals surface area contributed by atoms with Crippen LogP contribution in [0.1, 0.15) is 12.8 Å². The fraction of sp³-hybridized carbons (Fsp3) is 0.833. The molecule has 1 atom stereocenters. The van der Waals surface area contributed by atoms with Crippen molar-refractivity contribution in [2.75, 3.05) is 6.54 Å².